The number of hydrogen-bond acceptors (Lipinski definition) is 2. The molecule has 3 heteroatoms. The second-order valence-electron chi connectivity index (χ2n) is 5.18. The fourth-order valence-corrected chi connectivity index (χ4v) is 2.33. The van der Waals surface area contributed by atoms with Gasteiger partial charge in [-0.2, -0.15) is 0 Å². The van der Waals surface area contributed by atoms with Crippen LogP contribution in [-0.4, -0.2) is 16.9 Å². The average molecular weight is 367 g/mol. The van der Waals surface area contributed by atoms with E-state index < -0.39 is 6.10 Å². The lowest BCUT2D eigenvalue weighted by Gasteiger charge is -2.03. The third-order valence-electron chi connectivity index (χ3n) is 3.07. The van der Waals surface area contributed by atoms with E-state index in [1.54, 1.807) is 0 Å². The summed E-state index contributed by atoms with van der Waals surface area (Å²) < 4.78 is 4.92. The highest BCUT2D eigenvalue weighted by Crippen LogP contribution is 2.12. The maximum Gasteiger partial charge on any atom is 0.304 e. The summed E-state index contributed by atoms with van der Waals surface area (Å²) in [5.41, 5.74) is 0. The van der Waals surface area contributed by atoms with Crippen LogP contribution >= 0.6 is 15.9 Å². The van der Waals surface area contributed by atoms with Gasteiger partial charge in [0.05, 0.1) is 4.83 Å². The molecule has 0 bridgehead atoms. The summed E-state index contributed by atoms with van der Waals surface area (Å²) in [6, 6.07) is 0. The lowest BCUT2D eigenvalue weighted by Crippen LogP contribution is -2.10. The van der Waals surface area contributed by atoms with Gasteiger partial charge >= 0.3 is 5.97 Å². The molecule has 0 aliphatic heterocycles. The Kier molecular flexibility index (Phi) is 13.9. The second kappa shape index (κ2) is 14.7. The number of esters is 1. The van der Waals surface area contributed by atoms with Crippen LogP contribution in [0.2, 0.25) is 0 Å². The first-order valence-corrected chi connectivity index (χ1v) is 8.96. The molecular weight excluding hydrogens is 340 g/mol. The van der Waals surface area contributed by atoms with Gasteiger partial charge in [0.25, 0.3) is 0 Å². The Hall–Kier alpha value is -1.19. The number of carbonyl (C=O) groups excluding carboxylic acids is 1. The first-order valence-electron chi connectivity index (χ1n) is 8.05. The van der Waals surface area contributed by atoms with Crippen LogP contribution in [0.1, 0.15) is 65.2 Å². The highest BCUT2D eigenvalue weighted by atomic mass is 79.9. The van der Waals surface area contributed by atoms with Crippen molar-refractivity contribution in [2.75, 3.05) is 0 Å². The van der Waals surface area contributed by atoms with E-state index in [1.165, 1.54) is 57.9 Å². The van der Waals surface area contributed by atoms with Crippen LogP contribution < -0.4 is 0 Å². The van der Waals surface area contributed by atoms with Gasteiger partial charge in [0, 0.05) is 6.92 Å². The minimum atomic E-state index is -0.580. The van der Waals surface area contributed by atoms with E-state index in [4.69, 9.17) is 4.74 Å². The molecule has 0 aromatic rings. The third kappa shape index (κ3) is 13.8. The molecule has 0 saturated heterocycles. The number of halogens is 1. The van der Waals surface area contributed by atoms with Crippen LogP contribution in [0.5, 0.6) is 0 Å². The first-order chi connectivity index (χ1) is 10.6. The molecule has 0 aliphatic carbocycles. The van der Waals surface area contributed by atoms with Gasteiger partial charge in [-0.1, -0.05) is 80.3 Å². The topological polar surface area (TPSA) is 26.3 Å². The summed E-state index contributed by atoms with van der Waals surface area (Å²) in [7, 11) is 0. The van der Waals surface area contributed by atoms with Gasteiger partial charge in [-0.15, -0.1) is 0 Å². The zero-order valence-electron chi connectivity index (χ0n) is 13.8. The SMILES string of the molecule is C=CC(C#CC#CC(Br)CCCCCCCCC)OC(C)=O. The Morgan fingerprint density at radius 1 is 1.14 bits per heavy atom. The van der Waals surface area contributed by atoms with Crippen molar-refractivity contribution in [3.63, 3.8) is 0 Å². The minimum Gasteiger partial charge on any atom is -0.445 e. The van der Waals surface area contributed by atoms with Gasteiger partial charge in [0.1, 0.15) is 0 Å². The monoisotopic (exact) mass is 366 g/mol. The fourth-order valence-electron chi connectivity index (χ4n) is 1.89. The second-order valence-corrected chi connectivity index (χ2v) is 6.29. The Bertz CT molecular complexity index is 434. The predicted molar refractivity (Wildman–Crippen MR) is 96.6 cm³/mol. The van der Waals surface area contributed by atoms with Crippen LogP contribution in [0.25, 0.3) is 0 Å². The molecule has 122 valence electrons. The van der Waals surface area contributed by atoms with Gasteiger partial charge < -0.3 is 4.74 Å². The van der Waals surface area contributed by atoms with Crippen LogP contribution in [0.3, 0.4) is 0 Å². The van der Waals surface area contributed by atoms with Gasteiger partial charge in [0.2, 0.25) is 0 Å². The van der Waals surface area contributed by atoms with Crippen molar-refractivity contribution in [3.05, 3.63) is 12.7 Å². The minimum absolute atomic E-state index is 0.174. The van der Waals surface area contributed by atoms with Crippen molar-refractivity contribution < 1.29 is 9.53 Å². The normalized spacial score (nSPS) is 12.1. The molecule has 0 rings (SSSR count). The number of alkyl halides is 1. The molecule has 0 amide bonds. The Morgan fingerprint density at radius 3 is 2.32 bits per heavy atom. The predicted octanol–water partition coefficient (Wildman–Crippen LogP) is 5.02. The van der Waals surface area contributed by atoms with E-state index in [0.29, 0.717) is 0 Å². The molecule has 22 heavy (non-hydrogen) atoms. The zero-order chi connectivity index (χ0) is 16.6. The van der Waals surface area contributed by atoms with Gasteiger partial charge in [0.15, 0.2) is 6.10 Å². The molecule has 2 nitrogen and oxygen atoms in total. The van der Waals surface area contributed by atoms with Crippen LogP contribution in [0, 0.1) is 23.7 Å². The fraction of sp³-hybridized carbons (Fsp3) is 0.632. The number of hydrogen-bond donors (Lipinski definition) is 0. The summed E-state index contributed by atoms with van der Waals surface area (Å²) >= 11 is 3.55. The molecular formula is C19H27BrO2. The van der Waals surface area contributed by atoms with E-state index >= 15 is 0 Å². The molecule has 2 atom stereocenters. The number of ether oxygens (including phenoxy) is 1. The average Bonchev–Trinajstić information content (AvgIpc) is 2.49. The van der Waals surface area contributed by atoms with Gasteiger partial charge in [-0.05, 0) is 30.3 Å². The Morgan fingerprint density at radius 2 is 1.73 bits per heavy atom. The smallest absolute Gasteiger partial charge is 0.304 e. The first kappa shape index (κ1) is 20.8. The van der Waals surface area contributed by atoms with E-state index in [1.807, 2.05) is 0 Å². The maximum atomic E-state index is 10.8. The summed E-state index contributed by atoms with van der Waals surface area (Å²) in [6.45, 7) is 7.15. The highest BCUT2D eigenvalue weighted by Gasteiger charge is 2.01. The van der Waals surface area contributed by atoms with Crippen molar-refractivity contribution in [2.45, 2.75) is 76.1 Å². The van der Waals surface area contributed by atoms with Crippen LogP contribution in [-0.2, 0) is 9.53 Å². The van der Waals surface area contributed by atoms with E-state index in [0.717, 1.165) is 6.42 Å². The van der Waals surface area contributed by atoms with E-state index in [-0.39, 0.29) is 10.8 Å². The molecule has 0 N–H and O–H groups in total. The quantitative estimate of drug-likeness (QED) is 0.178. The molecule has 0 aromatic heterocycles. The van der Waals surface area contributed by atoms with E-state index in [2.05, 4.69) is 53.1 Å². The number of rotatable bonds is 10. The summed E-state index contributed by atoms with van der Waals surface area (Å²) in [6.07, 6.45) is 11.1. The largest absolute Gasteiger partial charge is 0.445 e. The maximum absolute atomic E-state index is 10.8. The molecule has 2 unspecified atom stereocenters. The van der Waals surface area contributed by atoms with Crippen molar-refractivity contribution in [1.82, 2.24) is 0 Å². The molecule has 0 fully saturated rings. The molecule has 0 heterocycles. The van der Waals surface area contributed by atoms with Crippen molar-refractivity contribution >= 4 is 21.9 Å². The van der Waals surface area contributed by atoms with Gasteiger partial charge in [-0.25, -0.2) is 0 Å². The van der Waals surface area contributed by atoms with Crippen LogP contribution in [0.15, 0.2) is 12.7 Å². The molecule has 0 spiro atoms. The van der Waals surface area contributed by atoms with Crippen molar-refractivity contribution in [1.29, 1.82) is 0 Å². The number of unbranched alkanes of at least 4 members (excludes halogenated alkanes) is 6. The van der Waals surface area contributed by atoms with Crippen molar-refractivity contribution in [2.24, 2.45) is 0 Å². The highest BCUT2D eigenvalue weighted by molar-refractivity contribution is 9.09. The van der Waals surface area contributed by atoms with E-state index in [9.17, 15) is 4.79 Å². The lowest BCUT2D eigenvalue weighted by atomic mass is 10.1. The summed E-state index contributed by atoms with van der Waals surface area (Å²) in [5.74, 6) is 10.9. The molecule has 0 aromatic carbocycles. The molecule has 0 radical (unpaired) electrons. The Labute approximate surface area is 144 Å². The van der Waals surface area contributed by atoms with Crippen LogP contribution in [0.4, 0.5) is 0 Å². The standard InChI is InChI=1S/C19H27BrO2/c1-4-6-7-8-9-10-11-14-18(20)15-12-13-16-19(5-2)22-17(3)21/h5,18-19H,2,4,6-11,14H2,1,3H3. The lowest BCUT2D eigenvalue weighted by molar-refractivity contribution is -0.142. The van der Waals surface area contributed by atoms with Gasteiger partial charge in [-0.3, -0.25) is 4.79 Å². The third-order valence-corrected chi connectivity index (χ3v) is 3.76. The molecule has 0 aliphatic rings. The summed E-state index contributed by atoms with van der Waals surface area (Å²) in [5, 5.41) is 0. The molecule has 0 saturated carbocycles. The summed E-state index contributed by atoms with van der Waals surface area (Å²) in [4.78, 5) is 11.0. The number of carbonyl (C=O) groups is 1. The van der Waals surface area contributed by atoms with Crippen molar-refractivity contribution in [3.8, 4) is 23.7 Å². The zero-order valence-corrected chi connectivity index (χ0v) is 15.4. The Balaban J connectivity index is 3.86.